The minimum absolute atomic E-state index is 0.0324. The summed E-state index contributed by atoms with van der Waals surface area (Å²) in [5.74, 6) is 0. The molecule has 0 saturated heterocycles. The second-order valence-electron chi connectivity index (χ2n) is 4.77. The average Bonchev–Trinajstić information content (AvgIpc) is 2.76. The van der Waals surface area contributed by atoms with Crippen LogP contribution >= 0.6 is 11.8 Å². The zero-order valence-corrected chi connectivity index (χ0v) is 11.8. The number of hydrogen-bond acceptors (Lipinski definition) is 4. The minimum Gasteiger partial charge on any atom is -0.316 e. The Morgan fingerprint density at radius 2 is 2.39 bits per heavy atom. The Morgan fingerprint density at radius 3 is 3.11 bits per heavy atom. The number of aromatic amines is 1. The monoisotopic (exact) mass is 267 g/mol. The zero-order chi connectivity index (χ0) is 13.0. The molecule has 1 saturated carbocycles. The Kier molecular flexibility index (Phi) is 4.83. The van der Waals surface area contributed by atoms with Gasteiger partial charge in [0.1, 0.15) is 0 Å². The molecule has 0 aliphatic heterocycles. The van der Waals surface area contributed by atoms with Gasteiger partial charge in [-0.05, 0) is 26.3 Å². The van der Waals surface area contributed by atoms with Crippen molar-refractivity contribution < 1.29 is 0 Å². The highest BCUT2D eigenvalue weighted by Crippen LogP contribution is 2.32. The Bertz CT molecular complexity index is 446. The topological polar surface area (TPSA) is 57.8 Å². The molecule has 2 unspecified atom stereocenters. The summed E-state index contributed by atoms with van der Waals surface area (Å²) in [6, 6.07) is 2.15. The minimum atomic E-state index is -0.0324. The molecule has 0 bridgehead atoms. The molecule has 4 nitrogen and oxygen atoms in total. The van der Waals surface area contributed by atoms with Gasteiger partial charge < -0.3 is 10.3 Å². The van der Waals surface area contributed by atoms with Crippen LogP contribution in [-0.2, 0) is 6.42 Å². The van der Waals surface area contributed by atoms with E-state index in [0.29, 0.717) is 11.3 Å². The highest BCUT2D eigenvalue weighted by Gasteiger charge is 2.27. The molecule has 1 aromatic heterocycles. The first-order valence-electron chi connectivity index (χ1n) is 6.67. The van der Waals surface area contributed by atoms with Gasteiger partial charge in [0.05, 0.1) is 0 Å². The lowest BCUT2D eigenvalue weighted by Crippen LogP contribution is -2.31. The Morgan fingerprint density at radius 1 is 1.56 bits per heavy atom. The molecular formula is C13H21N3OS. The van der Waals surface area contributed by atoms with Gasteiger partial charge in [-0.1, -0.05) is 31.5 Å². The largest absolute Gasteiger partial charge is 0.316 e. The molecule has 1 aliphatic rings. The molecule has 0 radical (unpaired) electrons. The third-order valence-corrected chi connectivity index (χ3v) is 4.65. The van der Waals surface area contributed by atoms with E-state index in [2.05, 4.69) is 22.2 Å². The smallest absolute Gasteiger partial charge is 0.251 e. The second kappa shape index (κ2) is 6.38. The zero-order valence-electron chi connectivity index (χ0n) is 11.0. The predicted molar refractivity (Wildman–Crippen MR) is 75.2 cm³/mol. The quantitative estimate of drug-likeness (QED) is 0.801. The van der Waals surface area contributed by atoms with Gasteiger partial charge in [0, 0.05) is 23.1 Å². The highest BCUT2D eigenvalue weighted by atomic mass is 32.2. The van der Waals surface area contributed by atoms with E-state index >= 15 is 0 Å². The van der Waals surface area contributed by atoms with Crippen molar-refractivity contribution >= 4 is 11.8 Å². The Hall–Kier alpha value is -0.810. The Labute approximate surface area is 112 Å². The fraction of sp³-hybridized carbons (Fsp3) is 0.692. The lowest BCUT2D eigenvalue weighted by atomic mass is 10.2. The van der Waals surface area contributed by atoms with Crippen LogP contribution in [0.5, 0.6) is 0 Å². The second-order valence-corrected chi connectivity index (χ2v) is 6.00. The van der Waals surface area contributed by atoms with Crippen LogP contribution in [0.2, 0.25) is 0 Å². The number of H-pyrrole nitrogens is 1. The summed E-state index contributed by atoms with van der Waals surface area (Å²) in [6.07, 6.45) is 5.55. The van der Waals surface area contributed by atoms with Gasteiger partial charge in [-0.25, -0.2) is 4.98 Å². The van der Waals surface area contributed by atoms with Crippen LogP contribution in [0.15, 0.2) is 16.0 Å². The Balaban J connectivity index is 2.10. The molecule has 1 fully saturated rings. The van der Waals surface area contributed by atoms with Gasteiger partial charge in [0.2, 0.25) is 0 Å². The summed E-state index contributed by atoms with van der Waals surface area (Å²) in [7, 11) is 2.01. The molecule has 2 atom stereocenters. The highest BCUT2D eigenvalue weighted by molar-refractivity contribution is 7.99. The van der Waals surface area contributed by atoms with Crippen molar-refractivity contribution in [2.75, 3.05) is 7.05 Å². The fourth-order valence-corrected chi connectivity index (χ4v) is 3.80. The lowest BCUT2D eigenvalue weighted by molar-refractivity contribution is 0.590. The SMILES string of the molecule is CCCc1cc(=O)[nH]c(SC2CCCC2NC)n1. The lowest BCUT2D eigenvalue weighted by Gasteiger charge is -2.17. The fourth-order valence-electron chi connectivity index (χ4n) is 2.46. The maximum absolute atomic E-state index is 11.6. The molecule has 1 aliphatic carbocycles. The van der Waals surface area contributed by atoms with Crippen LogP contribution in [0.1, 0.15) is 38.3 Å². The van der Waals surface area contributed by atoms with Crippen LogP contribution in [0.25, 0.3) is 0 Å². The standard InChI is InChI=1S/C13H21N3OS/c1-3-5-9-8-12(17)16-13(15-9)18-11-7-4-6-10(11)14-2/h8,10-11,14H,3-7H2,1-2H3,(H,15,16,17). The van der Waals surface area contributed by atoms with Crippen LogP contribution in [0, 0.1) is 0 Å². The molecule has 0 amide bonds. The summed E-state index contributed by atoms with van der Waals surface area (Å²) in [5, 5.41) is 4.65. The number of thioether (sulfide) groups is 1. The average molecular weight is 267 g/mol. The first-order valence-corrected chi connectivity index (χ1v) is 7.55. The maximum atomic E-state index is 11.6. The van der Waals surface area contributed by atoms with Crippen molar-refractivity contribution in [3.8, 4) is 0 Å². The van der Waals surface area contributed by atoms with E-state index in [4.69, 9.17) is 0 Å². The summed E-state index contributed by atoms with van der Waals surface area (Å²) >= 11 is 1.71. The number of hydrogen-bond donors (Lipinski definition) is 2. The number of rotatable bonds is 5. The first-order chi connectivity index (χ1) is 8.72. The molecular weight excluding hydrogens is 246 g/mol. The van der Waals surface area contributed by atoms with Crippen LogP contribution in [-0.4, -0.2) is 28.3 Å². The number of aryl methyl sites for hydroxylation is 1. The third kappa shape index (κ3) is 3.36. The van der Waals surface area contributed by atoms with Crippen molar-refractivity contribution in [2.24, 2.45) is 0 Å². The molecule has 18 heavy (non-hydrogen) atoms. The molecule has 0 spiro atoms. The normalized spacial score (nSPS) is 23.4. The van der Waals surface area contributed by atoms with Gasteiger partial charge >= 0.3 is 0 Å². The van der Waals surface area contributed by atoms with E-state index in [1.807, 2.05) is 7.05 Å². The number of nitrogens with one attached hydrogen (secondary N) is 2. The molecule has 0 aromatic carbocycles. The van der Waals surface area contributed by atoms with Crippen LogP contribution < -0.4 is 10.9 Å². The molecule has 2 rings (SSSR count). The van der Waals surface area contributed by atoms with Crippen molar-refractivity contribution in [1.29, 1.82) is 0 Å². The van der Waals surface area contributed by atoms with Gasteiger partial charge in [0.15, 0.2) is 5.16 Å². The van der Waals surface area contributed by atoms with E-state index in [-0.39, 0.29) is 5.56 Å². The summed E-state index contributed by atoms with van der Waals surface area (Å²) in [6.45, 7) is 2.10. The van der Waals surface area contributed by atoms with Gasteiger partial charge in [-0.2, -0.15) is 0 Å². The van der Waals surface area contributed by atoms with Crippen LogP contribution in [0.4, 0.5) is 0 Å². The van der Waals surface area contributed by atoms with E-state index in [1.54, 1.807) is 17.8 Å². The maximum Gasteiger partial charge on any atom is 0.251 e. The molecule has 100 valence electrons. The summed E-state index contributed by atoms with van der Waals surface area (Å²) in [5.41, 5.74) is 0.873. The molecule has 1 aromatic rings. The molecule has 1 heterocycles. The van der Waals surface area contributed by atoms with Crippen LogP contribution in [0.3, 0.4) is 0 Å². The molecule has 2 N–H and O–H groups in total. The first kappa shape index (κ1) is 13.6. The van der Waals surface area contributed by atoms with Crippen molar-refractivity contribution in [3.05, 3.63) is 22.1 Å². The van der Waals surface area contributed by atoms with E-state index in [0.717, 1.165) is 23.7 Å². The van der Waals surface area contributed by atoms with E-state index in [1.165, 1.54) is 19.3 Å². The van der Waals surface area contributed by atoms with Gasteiger partial charge in [-0.15, -0.1) is 0 Å². The number of nitrogens with zero attached hydrogens (tertiary/aromatic N) is 1. The van der Waals surface area contributed by atoms with Crippen molar-refractivity contribution in [1.82, 2.24) is 15.3 Å². The van der Waals surface area contributed by atoms with Crippen molar-refractivity contribution in [3.63, 3.8) is 0 Å². The summed E-state index contributed by atoms with van der Waals surface area (Å²) in [4.78, 5) is 19.0. The van der Waals surface area contributed by atoms with E-state index in [9.17, 15) is 4.79 Å². The molecule has 5 heteroatoms. The van der Waals surface area contributed by atoms with Gasteiger partial charge in [0.25, 0.3) is 5.56 Å². The third-order valence-electron chi connectivity index (χ3n) is 3.37. The predicted octanol–water partition coefficient (Wildman–Crippen LogP) is 1.96. The van der Waals surface area contributed by atoms with Crippen molar-refractivity contribution in [2.45, 2.75) is 55.5 Å². The van der Waals surface area contributed by atoms with E-state index < -0.39 is 0 Å². The summed E-state index contributed by atoms with van der Waals surface area (Å²) < 4.78 is 0. The number of aromatic nitrogens is 2. The van der Waals surface area contributed by atoms with Gasteiger partial charge in [-0.3, -0.25) is 4.79 Å².